The maximum atomic E-state index is 14.0. The molecule has 0 aliphatic heterocycles. The van der Waals surface area contributed by atoms with E-state index in [0.717, 1.165) is 44.9 Å². The zero-order chi connectivity index (χ0) is 22.7. The minimum atomic E-state index is -0.442. The lowest BCUT2D eigenvalue weighted by Gasteiger charge is -2.62. The summed E-state index contributed by atoms with van der Waals surface area (Å²) in [5.41, 5.74) is -0.355. The van der Waals surface area contributed by atoms with Gasteiger partial charge in [-0.3, -0.25) is 14.4 Å². The van der Waals surface area contributed by atoms with Gasteiger partial charge in [0.15, 0.2) is 5.78 Å². The molecular weight excluding hydrogens is 460 g/mol. The normalized spacial score (nSPS) is 47.5. The minimum Gasteiger partial charge on any atom is -0.463 e. The van der Waals surface area contributed by atoms with E-state index in [1.807, 2.05) is 6.92 Å². The number of carbonyl (C=O) groups is 3. The number of ether oxygens (including phenoxy) is 2. The van der Waals surface area contributed by atoms with Crippen LogP contribution in [0.15, 0.2) is 0 Å². The third kappa shape index (κ3) is 3.59. The molecule has 174 valence electrons. The lowest BCUT2D eigenvalue weighted by atomic mass is 9.44. The summed E-state index contributed by atoms with van der Waals surface area (Å²) in [5, 5.41) is 0. The van der Waals surface area contributed by atoms with Crippen molar-refractivity contribution >= 4 is 33.7 Å². The third-order valence-corrected chi connectivity index (χ3v) is 10.7. The predicted molar refractivity (Wildman–Crippen MR) is 120 cm³/mol. The molecule has 2 unspecified atom stereocenters. The van der Waals surface area contributed by atoms with Gasteiger partial charge in [0.1, 0.15) is 12.2 Å². The molecule has 6 heteroatoms. The molecule has 0 N–H and O–H groups in total. The molecule has 0 aromatic rings. The smallest absolute Gasteiger partial charge is 0.302 e. The Morgan fingerprint density at radius 3 is 2.42 bits per heavy atom. The van der Waals surface area contributed by atoms with Gasteiger partial charge in [0.05, 0.1) is 4.83 Å². The van der Waals surface area contributed by atoms with E-state index >= 15 is 0 Å². The lowest BCUT2D eigenvalue weighted by molar-refractivity contribution is -0.170. The molecule has 0 bridgehead atoms. The number of ketones is 1. The molecular formula is C25H37BrO5. The Morgan fingerprint density at radius 1 is 1.06 bits per heavy atom. The molecule has 0 aromatic heterocycles. The summed E-state index contributed by atoms with van der Waals surface area (Å²) in [5.74, 6) is 1.60. The molecule has 0 saturated heterocycles. The topological polar surface area (TPSA) is 69.7 Å². The molecule has 4 rings (SSSR count). The predicted octanol–water partition coefficient (Wildman–Crippen LogP) is 5.08. The molecule has 0 spiro atoms. The molecule has 4 aliphatic rings. The van der Waals surface area contributed by atoms with Crippen LogP contribution in [0.25, 0.3) is 0 Å². The molecule has 10 atom stereocenters. The standard InChI is InChI=1S/C25H37BrO5/c1-13(30-14(2)27)19-8-9-20-18-7-6-16-12-17(31-15(3)28)10-11-24(16,4)21(18)22(26)23(29)25(19,20)5/h13,16-22H,6-12H2,1-5H3/t13?,16?,17-,18+,19-,20+,21-,22+,24+,25-/m1/s1. The van der Waals surface area contributed by atoms with Crippen molar-refractivity contribution in [1.29, 1.82) is 0 Å². The summed E-state index contributed by atoms with van der Waals surface area (Å²) in [6, 6.07) is 0. The van der Waals surface area contributed by atoms with Gasteiger partial charge in [0.25, 0.3) is 0 Å². The second-order valence-corrected chi connectivity index (χ2v) is 12.1. The third-order valence-electron chi connectivity index (χ3n) is 9.75. The van der Waals surface area contributed by atoms with Gasteiger partial charge in [-0.2, -0.15) is 0 Å². The molecule has 0 radical (unpaired) electrons. The van der Waals surface area contributed by atoms with Crippen LogP contribution in [-0.2, 0) is 23.9 Å². The van der Waals surface area contributed by atoms with Crippen molar-refractivity contribution in [1.82, 2.24) is 0 Å². The van der Waals surface area contributed by atoms with Crippen molar-refractivity contribution in [2.24, 2.45) is 40.4 Å². The van der Waals surface area contributed by atoms with Gasteiger partial charge in [0, 0.05) is 25.2 Å². The van der Waals surface area contributed by atoms with Gasteiger partial charge in [-0.05, 0) is 81.0 Å². The van der Waals surface area contributed by atoms with E-state index in [1.165, 1.54) is 13.8 Å². The molecule has 4 fully saturated rings. The number of rotatable bonds is 3. The average molecular weight is 497 g/mol. The number of Topliss-reactive ketones (excluding diaryl/α,β-unsaturated/α-hetero) is 1. The molecule has 4 aliphatic carbocycles. The number of carbonyl (C=O) groups excluding carboxylic acids is 3. The first-order valence-corrected chi connectivity index (χ1v) is 12.9. The Balaban J connectivity index is 1.61. The summed E-state index contributed by atoms with van der Waals surface area (Å²) in [6.07, 6.45) is 6.84. The fourth-order valence-electron chi connectivity index (χ4n) is 8.46. The van der Waals surface area contributed by atoms with Crippen LogP contribution in [-0.4, -0.2) is 34.8 Å². The Hall–Kier alpha value is -0.910. The van der Waals surface area contributed by atoms with Crippen LogP contribution in [0.1, 0.15) is 79.6 Å². The first kappa shape index (κ1) is 23.3. The largest absolute Gasteiger partial charge is 0.463 e. The first-order valence-electron chi connectivity index (χ1n) is 12.0. The SMILES string of the molecule is CC(=O)OC(C)[C@H]1CC[C@H]2[C@@H]3CCC4C[C@H](OC(C)=O)CC[C@]4(C)[C@H]3[C@H](Br)C(=O)[C@]12C. The molecule has 31 heavy (non-hydrogen) atoms. The van der Waals surface area contributed by atoms with Gasteiger partial charge in [-0.15, -0.1) is 0 Å². The zero-order valence-corrected chi connectivity index (χ0v) is 21.1. The number of alkyl halides is 1. The van der Waals surface area contributed by atoms with Crippen molar-refractivity contribution in [3.8, 4) is 0 Å². The van der Waals surface area contributed by atoms with Crippen LogP contribution in [0, 0.1) is 40.4 Å². The molecule has 5 nitrogen and oxygen atoms in total. The summed E-state index contributed by atoms with van der Waals surface area (Å²) in [7, 11) is 0. The van der Waals surface area contributed by atoms with Crippen molar-refractivity contribution in [3.63, 3.8) is 0 Å². The lowest BCUT2D eigenvalue weighted by Crippen LogP contribution is -2.62. The zero-order valence-electron chi connectivity index (χ0n) is 19.5. The number of fused-ring (bicyclic) bond motifs is 5. The van der Waals surface area contributed by atoms with Gasteiger partial charge in [0.2, 0.25) is 0 Å². The van der Waals surface area contributed by atoms with E-state index in [9.17, 15) is 14.4 Å². The van der Waals surface area contributed by atoms with Crippen LogP contribution in [0.5, 0.6) is 0 Å². The van der Waals surface area contributed by atoms with E-state index in [4.69, 9.17) is 9.47 Å². The highest BCUT2D eigenvalue weighted by atomic mass is 79.9. The van der Waals surface area contributed by atoms with Gasteiger partial charge >= 0.3 is 11.9 Å². The number of hydrogen-bond acceptors (Lipinski definition) is 5. The van der Waals surface area contributed by atoms with Gasteiger partial charge < -0.3 is 9.47 Å². The van der Waals surface area contributed by atoms with E-state index in [0.29, 0.717) is 29.5 Å². The molecule has 0 aromatic carbocycles. The Bertz CT molecular complexity index is 767. The van der Waals surface area contributed by atoms with Crippen molar-refractivity contribution < 1.29 is 23.9 Å². The molecule has 0 heterocycles. The monoisotopic (exact) mass is 496 g/mol. The summed E-state index contributed by atoms with van der Waals surface area (Å²) >= 11 is 3.90. The van der Waals surface area contributed by atoms with Crippen molar-refractivity contribution in [2.45, 2.75) is 96.6 Å². The van der Waals surface area contributed by atoms with E-state index in [-0.39, 0.29) is 40.3 Å². The summed E-state index contributed by atoms with van der Waals surface area (Å²) < 4.78 is 11.1. The fourth-order valence-corrected chi connectivity index (χ4v) is 9.95. The first-order chi connectivity index (χ1) is 14.5. The fraction of sp³-hybridized carbons (Fsp3) is 0.880. The van der Waals surface area contributed by atoms with Crippen LogP contribution in [0.4, 0.5) is 0 Å². The van der Waals surface area contributed by atoms with Crippen LogP contribution in [0.3, 0.4) is 0 Å². The summed E-state index contributed by atoms with van der Waals surface area (Å²) in [6.45, 7) is 9.43. The second kappa shape index (κ2) is 8.14. The van der Waals surface area contributed by atoms with Gasteiger partial charge in [-0.1, -0.05) is 29.8 Å². The highest BCUT2D eigenvalue weighted by molar-refractivity contribution is 9.10. The summed E-state index contributed by atoms with van der Waals surface area (Å²) in [4.78, 5) is 36.9. The van der Waals surface area contributed by atoms with Crippen molar-refractivity contribution in [3.05, 3.63) is 0 Å². The highest BCUT2D eigenvalue weighted by Gasteiger charge is 2.67. The van der Waals surface area contributed by atoms with Crippen LogP contribution in [0.2, 0.25) is 0 Å². The second-order valence-electron chi connectivity index (χ2n) is 11.1. The molecule has 0 amide bonds. The number of hydrogen-bond donors (Lipinski definition) is 0. The van der Waals surface area contributed by atoms with Crippen LogP contribution < -0.4 is 0 Å². The maximum absolute atomic E-state index is 14.0. The number of esters is 2. The number of halogens is 1. The van der Waals surface area contributed by atoms with E-state index in [2.05, 4.69) is 29.8 Å². The van der Waals surface area contributed by atoms with E-state index in [1.54, 1.807) is 0 Å². The Labute approximate surface area is 194 Å². The van der Waals surface area contributed by atoms with E-state index < -0.39 is 5.41 Å². The maximum Gasteiger partial charge on any atom is 0.302 e. The Kier molecular flexibility index (Phi) is 6.11. The van der Waals surface area contributed by atoms with Gasteiger partial charge in [-0.25, -0.2) is 0 Å². The minimum absolute atomic E-state index is 0.0194. The van der Waals surface area contributed by atoms with Crippen LogP contribution >= 0.6 is 15.9 Å². The highest BCUT2D eigenvalue weighted by Crippen LogP contribution is 2.68. The Morgan fingerprint density at radius 2 is 1.77 bits per heavy atom. The molecule has 4 saturated carbocycles. The van der Waals surface area contributed by atoms with Crippen molar-refractivity contribution in [2.75, 3.05) is 0 Å². The average Bonchev–Trinajstić information content (AvgIpc) is 3.03. The quantitative estimate of drug-likeness (QED) is 0.402.